The molecule has 1 aromatic rings. The fourth-order valence-corrected chi connectivity index (χ4v) is 2.68. The number of rotatable bonds is 2. The van der Waals surface area contributed by atoms with Gasteiger partial charge in [0, 0.05) is 23.8 Å². The van der Waals surface area contributed by atoms with Crippen molar-refractivity contribution in [3.8, 4) is 0 Å². The lowest BCUT2D eigenvalue weighted by atomic mass is 9.97. The van der Waals surface area contributed by atoms with Crippen molar-refractivity contribution >= 4 is 5.82 Å². The third-order valence-corrected chi connectivity index (χ3v) is 3.62. The molecule has 2 rings (SSSR count). The van der Waals surface area contributed by atoms with Crippen LogP contribution >= 0.6 is 0 Å². The molecule has 0 spiro atoms. The summed E-state index contributed by atoms with van der Waals surface area (Å²) in [6.07, 6.45) is 3.87. The number of aryl methyl sites for hydroxylation is 1. The molecule has 0 amide bonds. The van der Waals surface area contributed by atoms with Crippen LogP contribution in [-0.4, -0.2) is 27.0 Å². The SMILES string of the molecule is Cc1cc(N)nc(CN2[C@H](C)CCC[C@@H]2C)n1. The van der Waals surface area contributed by atoms with E-state index in [-0.39, 0.29) is 0 Å². The smallest absolute Gasteiger partial charge is 0.144 e. The van der Waals surface area contributed by atoms with Gasteiger partial charge in [-0.2, -0.15) is 0 Å². The van der Waals surface area contributed by atoms with E-state index in [1.165, 1.54) is 19.3 Å². The summed E-state index contributed by atoms with van der Waals surface area (Å²) in [5.41, 5.74) is 6.71. The molecule has 0 aliphatic carbocycles. The van der Waals surface area contributed by atoms with Crippen LogP contribution in [0.1, 0.15) is 44.6 Å². The van der Waals surface area contributed by atoms with Crippen LogP contribution in [0.2, 0.25) is 0 Å². The largest absolute Gasteiger partial charge is 0.384 e. The zero-order chi connectivity index (χ0) is 12.4. The Hall–Kier alpha value is -1.16. The number of likely N-dealkylation sites (tertiary alicyclic amines) is 1. The normalized spacial score (nSPS) is 26.1. The van der Waals surface area contributed by atoms with Crippen LogP contribution in [-0.2, 0) is 6.54 Å². The summed E-state index contributed by atoms with van der Waals surface area (Å²) < 4.78 is 0. The topological polar surface area (TPSA) is 55.0 Å². The monoisotopic (exact) mass is 234 g/mol. The summed E-state index contributed by atoms with van der Waals surface area (Å²) in [4.78, 5) is 11.3. The first-order valence-corrected chi connectivity index (χ1v) is 6.42. The Labute approximate surface area is 103 Å². The molecule has 17 heavy (non-hydrogen) atoms. The van der Waals surface area contributed by atoms with Crippen molar-refractivity contribution in [2.45, 2.75) is 58.7 Å². The molecule has 1 fully saturated rings. The molecule has 4 nitrogen and oxygen atoms in total. The number of aromatic nitrogens is 2. The zero-order valence-electron chi connectivity index (χ0n) is 11.0. The highest BCUT2D eigenvalue weighted by Crippen LogP contribution is 2.23. The molecule has 0 bridgehead atoms. The summed E-state index contributed by atoms with van der Waals surface area (Å²) in [5.74, 6) is 1.42. The first kappa shape index (κ1) is 12.3. The average Bonchev–Trinajstić information content (AvgIpc) is 2.22. The quantitative estimate of drug-likeness (QED) is 0.851. The van der Waals surface area contributed by atoms with E-state index in [4.69, 9.17) is 5.73 Å². The fourth-order valence-electron chi connectivity index (χ4n) is 2.68. The number of nitrogen functional groups attached to an aromatic ring is 1. The first-order chi connectivity index (χ1) is 8.06. The molecule has 0 unspecified atom stereocenters. The molecule has 1 aromatic heterocycles. The molecule has 2 N–H and O–H groups in total. The Morgan fingerprint density at radius 3 is 2.53 bits per heavy atom. The van der Waals surface area contributed by atoms with Crippen molar-refractivity contribution in [1.82, 2.24) is 14.9 Å². The lowest BCUT2D eigenvalue weighted by molar-refractivity contribution is 0.0922. The number of piperidine rings is 1. The van der Waals surface area contributed by atoms with E-state index in [9.17, 15) is 0 Å². The van der Waals surface area contributed by atoms with Crippen LogP contribution < -0.4 is 5.73 Å². The number of anilines is 1. The molecule has 0 aromatic carbocycles. The van der Waals surface area contributed by atoms with E-state index in [2.05, 4.69) is 28.7 Å². The Morgan fingerprint density at radius 1 is 1.29 bits per heavy atom. The van der Waals surface area contributed by atoms with Gasteiger partial charge in [0.25, 0.3) is 0 Å². The summed E-state index contributed by atoms with van der Waals surface area (Å²) in [6.45, 7) is 7.35. The molecule has 94 valence electrons. The molecule has 2 atom stereocenters. The average molecular weight is 234 g/mol. The predicted molar refractivity (Wildman–Crippen MR) is 69.5 cm³/mol. The van der Waals surface area contributed by atoms with Crippen molar-refractivity contribution in [2.75, 3.05) is 5.73 Å². The van der Waals surface area contributed by atoms with Crippen LogP contribution in [0.5, 0.6) is 0 Å². The van der Waals surface area contributed by atoms with Crippen molar-refractivity contribution in [3.63, 3.8) is 0 Å². The molecule has 0 radical (unpaired) electrons. The highest BCUT2D eigenvalue weighted by molar-refractivity contribution is 5.29. The van der Waals surface area contributed by atoms with Crippen molar-refractivity contribution in [3.05, 3.63) is 17.6 Å². The lowest BCUT2D eigenvalue weighted by Gasteiger charge is -2.38. The minimum absolute atomic E-state index is 0.574. The number of nitrogens with two attached hydrogens (primary N) is 1. The Kier molecular flexibility index (Phi) is 3.62. The minimum Gasteiger partial charge on any atom is -0.384 e. The standard InChI is InChI=1S/C13H22N4/c1-9-7-12(14)16-13(15-9)8-17-10(2)5-4-6-11(17)3/h7,10-11H,4-6,8H2,1-3H3,(H2,14,15,16)/t10-,11+. The maximum Gasteiger partial charge on any atom is 0.144 e. The molecule has 2 heterocycles. The van der Waals surface area contributed by atoms with E-state index in [1.807, 2.05) is 13.0 Å². The third-order valence-electron chi connectivity index (χ3n) is 3.62. The van der Waals surface area contributed by atoms with E-state index in [0.29, 0.717) is 17.9 Å². The molecular formula is C13H22N4. The van der Waals surface area contributed by atoms with E-state index >= 15 is 0 Å². The molecule has 0 saturated carbocycles. The second-order valence-corrected chi connectivity index (χ2v) is 5.15. The van der Waals surface area contributed by atoms with E-state index in [0.717, 1.165) is 18.1 Å². The highest BCUT2D eigenvalue weighted by Gasteiger charge is 2.25. The van der Waals surface area contributed by atoms with Gasteiger partial charge in [-0.25, -0.2) is 9.97 Å². The third kappa shape index (κ3) is 2.94. The summed E-state index contributed by atoms with van der Waals surface area (Å²) in [5, 5.41) is 0. The van der Waals surface area contributed by atoms with Gasteiger partial charge in [-0.1, -0.05) is 6.42 Å². The second kappa shape index (κ2) is 5.00. The number of nitrogens with zero attached hydrogens (tertiary/aromatic N) is 3. The van der Waals surface area contributed by atoms with Crippen molar-refractivity contribution in [2.24, 2.45) is 0 Å². The van der Waals surface area contributed by atoms with Crippen molar-refractivity contribution in [1.29, 1.82) is 0 Å². The van der Waals surface area contributed by atoms with Gasteiger partial charge in [0.15, 0.2) is 0 Å². The van der Waals surface area contributed by atoms with Gasteiger partial charge in [-0.15, -0.1) is 0 Å². The fraction of sp³-hybridized carbons (Fsp3) is 0.692. The van der Waals surface area contributed by atoms with Gasteiger partial charge in [0.05, 0.1) is 6.54 Å². The molecule has 1 aliphatic heterocycles. The Balaban J connectivity index is 2.13. The second-order valence-electron chi connectivity index (χ2n) is 5.15. The summed E-state index contributed by atoms with van der Waals surface area (Å²) in [7, 11) is 0. The Morgan fingerprint density at radius 2 is 1.94 bits per heavy atom. The molecule has 1 aliphatic rings. The van der Waals surface area contributed by atoms with Crippen LogP contribution in [0.15, 0.2) is 6.07 Å². The minimum atomic E-state index is 0.574. The van der Waals surface area contributed by atoms with Crippen LogP contribution in [0.3, 0.4) is 0 Å². The molecular weight excluding hydrogens is 212 g/mol. The number of hydrogen-bond donors (Lipinski definition) is 1. The van der Waals surface area contributed by atoms with Crippen molar-refractivity contribution < 1.29 is 0 Å². The maximum absolute atomic E-state index is 5.76. The lowest BCUT2D eigenvalue weighted by Crippen LogP contribution is -2.43. The molecule has 4 heteroatoms. The van der Waals surface area contributed by atoms with Gasteiger partial charge in [-0.3, -0.25) is 4.90 Å². The van der Waals surface area contributed by atoms with Gasteiger partial charge >= 0.3 is 0 Å². The molecule has 1 saturated heterocycles. The van der Waals surface area contributed by atoms with Crippen LogP contribution in [0.4, 0.5) is 5.82 Å². The van der Waals surface area contributed by atoms with E-state index < -0.39 is 0 Å². The van der Waals surface area contributed by atoms with Gasteiger partial charge in [0.2, 0.25) is 0 Å². The highest BCUT2D eigenvalue weighted by atomic mass is 15.2. The summed E-state index contributed by atoms with van der Waals surface area (Å²) in [6, 6.07) is 3.04. The summed E-state index contributed by atoms with van der Waals surface area (Å²) >= 11 is 0. The van der Waals surface area contributed by atoms with Crippen LogP contribution in [0.25, 0.3) is 0 Å². The maximum atomic E-state index is 5.76. The first-order valence-electron chi connectivity index (χ1n) is 6.42. The van der Waals surface area contributed by atoms with Gasteiger partial charge in [0.1, 0.15) is 11.6 Å². The van der Waals surface area contributed by atoms with Gasteiger partial charge in [-0.05, 0) is 33.6 Å². The van der Waals surface area contributed by atoms with Gasteiger partial charge < -0.3 is 5.73 Å². The Bertz CT molecular complexity index is 361. The number of hydrogen-bond acceptors (Lipinski definition) is 4. The van der Waals surface area contributed by atoms with Crippen LogP contribution in [0, 0.1) is 6.92 Å². The predicted octanol–water partition coefficient (Wildman–Crippen LogP) is 2.13. The zero-order valence-corrected chi connectivity index (χ0v) is 11.0. The van der Waals surface area contributed by atoms with E-state index in [1.54, 1.807) is 0 Å².